The lowest BCUT2D eigenvalue weighted by Gasteiger charge is -2.22. The summed E-state index contributed by atoms with van der Waals surface area (Å²) >= 11 is 0. The average molecular weight is 302 g/mol. The Labute approximate surface area is 129 Å². The third-order valence-electron chi connectivity index (χ3n) is 3.48. The average Bonchev–Trinajstić information content (AvgIpc) is 2.98. The van der Waals surface area contributed by atoms with Crippen LogP contribution in [0, 0.1) is 17.2 Å². The van der Waals surface area contributed by atoms with Gasteiger partial charge in [-0.05, 0) is 18.9 Å². The molecule has 0 aliphatic carbocycles. The van der Waals surface area contributed by atoms with Crippen molar-refractivity contribution in [3.8, 4) is 6.07 Å². The Kier molecular flexibility index (Phi) is 5.37. The van der Waals surface area contributed by atoms with Gasteiger partial charge in [0.1, 0.15) is 12.6 Å². The normalized spacial score (nSPS) is 20.3. The van der Waals surface area contributed by atoms with Crippen LogP contribution in [-0.2, 0) is 20.9 Å². The van der Waals surface area contributed by atoms with Crippen molar-refractivity contribution in [1.82, 2.24) is 4.90 Å². The van der Waals surface area contributed by atoms with Gasteiger partial charge in [0.05, 0.1) is 18.6 Å². The minimum atomic E-state index is -0.743. The molecule has 0 N–H and O–H groups in total. The second kappa shape index (κ2) is 7.46. The SMILES string of the molecule is CCOC(=O)[C@H]1C[C@H](C#N)CN1C(=O)OCc1ccccc1. The van der Waals surface area contributed by atoms with Crippen molar-refractivity contribution in [2.75, 3.05) is 13.2 Å². The van der Waals surface area contributed by atoms with Gasteiger partial charge in [0.25, 0.3) is 0 Å². The lowest BCUT2D eigenvalue weighted by Crippen LogP contribution is -2.41. The highest BCUT2D eigenvalue weighted by atomic mass is 16.6. The Morgan fingerprint density at radius 3 is 2.68 bits per heavy atom. The lowest BCUT2D eigenvalue weighted by atomic mass is 10.1. The number of carbonyl (C=O) groups excluding carboxylic acids is 2. The number of hydrogen-bond acceptors (Lipinski definition) is 5. The summed E-state index contributed by atoms with van der Waals surface area (Å²) in [5.41, 5.74) is 0.861. The van der Waals surface area contributed by atoms with E-state index in [1.165, 1.54) is 4.90 Å². The molecule has 1 saturated heterocycles. The number of nitrogens with zero attached hydrogens (tertiary/aromatic N) is 2. The van der Waals surface area contributed by atoms with Crippen LogP contribution in [-0.4, -0.2) is 36.2 Å². The maximum Gasteiger partial charge on any atom is 0.410 e. The summed E-state index contributed by atoms with van der Waals surface area (Å²) < 4.78 is 10.2. The summed E-state index contributed by atoms with van der Waals surface area (Å²) in [6.45, 7) is 2.25. The highest BCUT2D eigenvalue weighted by molar-refractivity contribution is 5.82. The first-order valence-corrected chi connectivity index (χ1v) is 7.19. The Morgan fingerprint density at radius 1 is 1.32 bits per heavy atom. The smallest absolute Gasteiger partial charge is 0.410 e. The van der Waals surface area contributed by atoms with Crippen LogP contribution in [0.5, 0.6) is 0 Å². The molecule has 22 heavy (non-hydrogen) atoms. The number of amides is 1. The largest absolute Gasteiger partial charge is 0.464 e. The third kappa shape index (κ3) is 3.76. The van der Waals surface area contributed by atoms with Crippen LogP contribution in [0.3, 0.4) is 0 Å². The molecular weight excluding hydrogens is 284 g/mol. The Balaban J connectivity index is 1.99. The molecule has 0 unspecified atom stereocenters. The maximum atomic E-state index is 12.2. The van der Waals surface area contributed by atoms with Crippen LogP contribution >= 0.6 is 0 Å². The zero-order valence-electron chi connectivity index (χ0n) is 12.4. The second-order valence-corrected chi connectivity index (χ2v) is 5.02. The van der Waals surface area contributed by atoms with E-state index in [0.717, 1.165) is 5.56 Å². The van der Waals surface area contributed by atoms with Crippen LogP contribution in [0.4, 0.5) is 4.79 Å². The molecular formula is C16H18N2O4. The van der Waals surface area contributed by atoms with Gasteiger partial charge in [0.15, 0.2) is 0 Å². The predicted octanol–water partition coefficient (Wildman–Crippen LogP) is 2.10. The molecule has 1 aliphatic rings. The summed E-state index contributed by atoms with van der Waals surface area (Å²) in [4.78, 5) is 25.4. The standard InChI is InChI=1S/C16H18N2O4/c1-2-21-15(19)14-8-13(9-17)10-18(14)16(20)22-11-12-6-4-3-5-7-12/h3-7,13-14H,2,8,10-11H2,1H3/t13-,14-/m1/s1. The Hall–Kier alpha value is -2.55. The molecule has 2 atom stereocenters. The molecule has 0 aromatic heterocycles. The fourth-order valence-electron chi connectivity index (χ4n) is 2.40. The molecule has 1 aromatic carbocycles. The molecule has 1 amide bonds. The number of benzene rings is 1. The first kappa shape index (κ1) is 15.8. The van der Waals surface area contributed by atoms with Crippen molar-refractivity contribution in [3.63, 3.8) is 0 Å². The first-order valence-electron chi connectivity index (χ1n) is 7.19. The molecule has 6 nitrogen and oxygen atoms in total. The lowest BCUT2D eigenvalue weighted by molar-refractivity contribution is -0.147. The summed E-state index contributed by atoms with van der Waals surface area (Å²) in [5, 5.41) is 9.02. The summed E-state index contributed by atoms with van der Waals surface area (Å²) in [6, 6.07) is 10.6. The molecule has 0 saturated carbocycles. The fraction of sp³-hybridized carbons (Fsp3) is 0.438. The molecule has 116 valence electrons. The van der Waals surface area contributed by atoms with Crippen LogP contribution in [0.2, 0.25) is 0 Å². The minimum absolute atomic E-state index is 0.128. The highest BCUT2D eigenvalue weighted by Crippen LogP contribution is 2.25. The molecule has 0 bridgehead atoms. The van der Waals surface area contributed by atoms with E-state index in [4.69, 9.17) is 14.7 Å². The monoisotopic (exact) mass is 302 g/mol. The number of rotatable bonds is 4. The van der Waals surface area contributed by atoms with Crippen LogP contribution in [0.25, 0.3) is 0 Å². The molecule has 0 spiro atoms. The first-order chi connectivity index (χ1) is 10.7. The quantitative estimate of drug-likeness (QED) is 0.796. The number of esters is 1. The molecule has 1 fully saturated rings. The van der Waals surface area contributed by atoms with Gasteiger partial charge in [-0.1, -0.05) is 30.3 Å². The van der Waals surface area contributed by atoms with Crippen molar-refractivity contribution in [1.29, 1.82) is 5.26 Å². The number of ether oxygens (including phenoxy) is 2. The van der Waals surface area contributed by atoms with Gasteiger partial charge in [0, 0.05) is 6.54 Å². The van der Waals surface area contributed by atoms with E-state index in [1.807, 2.05) is 30.3 Å². The van der Waals surface area contributed by atoms with Crippen LogP contribution in [0.1, 0.15) is 18.9 Å². The van der Waals surface area contributed by atoms with Crippen molar-refractivity contribution in [3.05, 3.63) is 35.9 Å². The zero-order chi connectivity index (χ0) is 15.9. The van der Waals surface area contributed by atoms with Crippen LogP contribution in [0.15, 0.2) is 30.3 Å². The second-order valence-electron chi connectivity index (χ2n) is 5.02. The number of likely N-dealkylation sites (tertiary alicyclic amines) is 1. The van der Waals surface area contributed by atoms with Crippen molar-refractivity contribution < 1.29 is 19.1 Å². The van der Waals surface area contributed by atoms with Crippen molar-refractivity contribution in [2.45, 2.75) is 26.0 Å². The molecule has 6 heteroatoms. The van der Waals surface area contributed by atoms with Crippen LogP contribution < -0.4 is 0 Å². The van der Waals surface area contributed by atoms with Gasteiger partial charge in [-0.15, -0.1) is 0 Å². The Bertz CT molecular complexity index is 567. The predicted molar refractivity (Wildman–Crippen MR) is 77.5 cm³/mol. The molecule has 0 radical (unpaired) electrons. The van der Waals surface area contributed by atoms with E-state index in [2.05, 4.69) is 6.07 Å². The van der Waals surface area contributed by atoms with E-state index in [9.17, 15) is 9.59 Å². The summed E-state index contributed by atoms with van der Waals surface area (Å²) in [7, 11) is 0. The van der Waals surface area contributed by atoms with Gasteiger partial charge in [-0.25, -0.2) is 9.59 Å². The highest BCUT2D eigenvalue weighted by Gasteiger charge is 2.41. The van der Waals surface area contributed by atoms with Crippen molar-refractivity contribution in [2.24, 2.45) is 5.92 Å². The molecule has 1 aromatic rings. The van der Waals surface area contributed by atoms with Gasteiger partial charge >= 0.3 is 12.1 Å². The van der Waals surface area contributed by atoms with Gasteiger partial charge in [-0.2, -0.15) is 5.26 Å². The number of nitriles is 1. The minimum Gasteiger partial charge on any atom is -0.464 e. The van der Waals surface area contributed by atoms with E-state index >= 15 is 0 Å². The van der Waals surface area contributed by atoms with E-state index in [0.29, 0.717) is 0 Å². The summed E-state index contributed by atoms with van der Waals surface area (Å²) in [6.07, 6.45) is -0.310. The third-order valence-corrected chi connectivity index (χ3v) is 3.48. The zero-order valence-corrected chi connectivity index (χ0v) is 12.4. The topological polar surface area (TPSA) is 79.6 Å². The maximum absolute atomic E-state index is 12.2. The Morgan fingerprint density at radius 2 is 2.05 bits per heavy atom. The molecule has 2 rings (SSSR count). The van der Waals surface area contributed by atoms with Crippen molar-refractivity contribution >= 4 is 12.1 Å². The van der Waals surface area contributed by atoms with Gasteiger partial charge in [0.2, 0.25) is 0 Å². The summed E-state index contributed by atoms with van der Waals surface area (Å²) in [5.74, 6) is -0.865. The fourth-order valence-corrected chi connectivity index (χ4v) is 2.40. The van der Waals surface area contributed by atoms with E-state index < -0.39 is 18.1 Å². The van der Waals surface area contributed by atoms with Gasteiger partial charge < -0.3 is 9.47 Å². The molecule has 1 heterocycles. The van der Waals surface area contributed by atoms with E-state index in [-0.39, 0.29) is 32.1 Å². The van der Waals surface area contributed by atoms with E-state index in [1.54, 1.807) is 6.92 Å². The molecule has 1 aliphatic heterocycles. The van der Waals surface area contributed by atoms with Gasteiger partial charge in [-0.3, -0.25) is 4.90 Å². The number of hydrogen-bond donors (Lipinski definition) is 0. The number of carbonyl (C=O) groups is 2.